The molecule has 3 aromatic rings. The van der Waals surface area contributed by atoms with Gasteiger partial charge < -0.3 is 21.5 Å². The van der Waals surface area contributed by atoms with Crippen LogP contribution in [0.3, 0.4) is 0 Å². The summed E-state index contributed by atoms with van der Waals surface area (Å²) in [6, 6.07) is 7.85. The first-order valence-corrected chi connectivity index (χ1v) is 24.5. The van der Waals surface area contributed by atoms with Crippen LogP contribution in [0.1, 0.15) is 18.4 Å². The molecule has 0 fully saturated rings. The molecule has 0 aliphatic carbocycles. The van der Waals surface area contributed by atoms with Gasteiger partial charge in [0, 0.05) is 22.2 Å². The lowest BCUT2D eigenvalue weighted by molar-refractivity contribution is 0.477. The number of anilines is 3. The Bertz CT molecular complexity index is 2500. The van der Waals surface area contributed by atoms with Crippen LogP contribution < -0.4 is 26.8 Å². The maximum atomic E-state index is 12.3. The number of aryl methyl sites for hydroxylation is 1. The van der Waals surface area contributed by atoms with Gasteiger partial charge >= 0.3 is 0 Å². The Morgan fingerprint density at radius 2 is 1.30 bits per heavy atom. The number of aliphatic imine (C=N–C) groups is 1. The predicted octanol–water partition coefficient (Wildman–Crippen LogP) is 1.88. The fourth-order valence-electron chi connectivity index (χ4n) is 4.79. The van der Waals surface area contributed by atoms with Gasteiger partial charge in [0.1, 0.15) is 15.3 Å². The van der Waals surface area contributed by atoms with Crippen molar-refractivity contribution in [3.8, 4) is 0 Å². The van der Waals surface area contributed by atoms with E-state index in [0.29, 0.717) is 40.0 Å². The van der Waals surface area contributed by atoms with Gasteiger partial charge in [-0.2, -0.15) is 42.1 Å². The van der Waals surface area contributed by atoms with E-state index in [1.807, 2.05) is 0 Å². The zero-order chi connectivity index (χ0) is 40.3. The van der Waals surface area contributed by atoms with Crippen molar-refractivity contribution in [2.75, 3.05) is 39.2 Å². The van der Waals surface area contributed by atoms with Crippen molar-refractivity contribution in [2.45, 2.75) is 46.2 Å². The minimum Gasteiger partial charge on any atom is -0.351 e. The second kappa shape index (κ2) is 17.0. The summed E-state index contributed by atoms with van der Waals surface area (Å²) in [7, 11) is -23.7. The Labute approximate surface area is 319 Å². The van der Waals surface area contributed by atoms with E-state index in [1.165, 1.54) is 23.5 Å². The maximum absolute atomic E-state index is 12.3. The highest BCUT2D eigenvalue weighted by molar-refractivity contribution is 8.14. The first kappa shape index (κ1) is 43.7. The highest BCUT2D eigenvalue weighted by Crippen LogP contribution is 2.35. The van der Waals surface area contributed by atoms with Crippen molar-refractivity contribution in [1.82, 2.24) is 10.6 Å². The Hall–Kier alpha value is -3.00. The number of nitrogens with one attached hydrogen (secondary N) is 5. The van der Waals surface area contributed by atoms with E-state index in [2.05, 4.69) is 31.8 Å². The molecule has 54 heavy (non-hydrogen) atoms. The van der Waals surface area contributed by atoms with Crippen LogP contribution in [0.5, 0.6) is 0 Å². The van der Waals surface area contributed by atoms with Gasteiger partial charge in [-0.1, -0.05) is 11.8 Å². The molecule has 1 heterocycles. The van der Waals surface area contributed by atoms with Gasteiger partial charge in [0.25, 0.3) is 50.6 Å². The Morgan fingerprint density at radius 1 is 0.704 bits per heavy atom. The molecule has 28 heteroatoms. The molecule has 3 aromatic carbocycles. The molecule has 0 saturated carbocycles. The molecule has 0 aromatic heterocycles. The smallest absolute Gasteiger partial charge is 0.295 e. The highest BCUT2D eigenvalue weighted by atomic mass is 32.2. The molecular weight excluding hydrogens is 861 g/mol. The SMILES string of the molecule is Cc1cc(NC2N=C(SCCCS(=O)(=O)O)NC(SCCCS(=O)(=O)O)N2)ccc1NNc1cc(S(=O)(=O)O)c2cc(S(=O)(=O)O)cc(S(=O)(=O)O)c2c1. The first-order valence-electron chi connectivity index (χ1n) is 15.0. The summed E-state index contributed by atoms with van der Waals surface area (Å²) in [6.45, 7) is 1.69. The average Bonchev–Trinajstić information content (AvgIpc) is 3.01. The molecule has 0 bridgehead atoms. The largest absolute Gasteiger partial charge is 0.351 e. The number of thioether (sulfide) groups is 2. The summed E-state index contributed by atoms with van der Waals surface area (Å²) in [5.41, 5.74) is 6.37. The third kappa shape index (κ3) is 13.1. The van der Waals surface area contributed by atoms with Gasteiger partial charge in [0.2, 0.25) is 0 Å². The minimum absolute atomic E-state index is 0.136. The molecule has 1 aliphatic heterocycles. The summed E-state index contributed by atoms with van der Waals surface area (Å²) in [4.78, 5) is 1.46. The average molecular weight is 895 g/mol. The molecule has 300 valence electrons. The van der Waals surface area contributed by atoms with Gasteiger partial charge in [0.15, 0.2) is 11.5 Å². The Balaban J connectivity index is 1.55. The molecule has 0 amide bonds. The third-order valence-corrected chi connectivity index (χ3v) is 13.4. The summed E-state index contributed by atoms with van der Waals surface area (Å²) in [5, 5.41) is 8.72. The number of hydrogen-bond acceptors (Lipinski definition) is 18. The Morgan fingerprint density at radius 3 is 1.87 bits per heavy atom. The van der Waals surface area contributed by atoms with Gasteiger partial charge in [0.05, 0.1) is 27.8 Å². The third-order valence-electron chi connectivity index (χ3n) is 7.12. The summed E-state index contributed by atoms with van der Waals surface area (Å²) >= 11 is 2.49. The van der Waals surface area contributed by atoms with Crippen molar-refractivity contribution >= 4 is 107 Å². The minimum atomic E-state index is -5.20. The summed E-state index contributed by atoms with van der Waals surface area (Å²) < 4.78 is 164. The zero-order valence-corrected chi connectivity index (χ0v) is 33.3. The van der Waals surface area contributed by atoms with Crippen LogP contribution in [0, 0.1) is 6.92 Å². The van der Waals surface area contributed by atoms with Crippen LogP contribution in [-0.2, 0) is 50.6 Å². The Kier molecular flexibility index (Phi) is 13.8. The lowest BCUT2D eigenvalue weighted by Gasteiger charge is -2.31. The predicted molar refractivity (Wildman–Crippen MR) is 204 cm³/mol. The van der Waals surface area contributed by atoms with Crippen molar-refractivity contribution in [2.24, 2.45) is 4.99 Å². The summed E-state index contributed by atoms with van der Waals surface area (Å²) in [5.74, 6) is -0.255. The fraction of sp³-hybridized carbons (Fsp3) is 0.346. The van der Waals surface area contributed by atoms with Crippen LogP contribution in [0.2, 0.25) is 0 Å². The molecule has 21 nitrogen and oxygen atoms in total. The van der Waals surface area contributed by atoms with E-state index in [-0.39, 0.29) is 24.3 Å². The molecule has 0 spiro atoms. The molecule has 10 N–H and O–H groups in total. The fourth-order valence-corrected chi connectivity index (χ4v) is 10.1. The second-order valence-electron chi connectivity index (χ2n) is 11.4. The number of hydrazine groups is 1. The van der Waals surface area contributed by atoms with E-state index in [4.69, 9.17) is 9.11 Å². The molecule has 2 unspecified atom stereocenters. The van der Waals surface area contributed by atoms with Crippen LogP contribution in [0.25, 0.3) is 10.8 Å². The van der Waals surface area contributed by atoms with Crippen LogP contribution in [0.15, 0.2) is 62.1 Å². The van der Waals surface area contributed by atoms with E-state index < -0.39 is 99.3 Å². The second-order valence-corrected chi connectivity index (χ2v) is 21.0. The number of fused-ring (bicyclic) bond motifs is 1. The van der Waals surface area contributed by atoms with E-state index in [9.17, 15) is 55.7 Å². The normalized spacial score (nSPS) is 17.1. The van der Waals surface area contributed by atoms with E-state index >= 15 is 0 Å². The van der Waals surface area contributed by atoms with Crippen molar-refractivity contribution in [3.05, 3.63) is 48.0 Å². The van der Waals surface area contributed by atoms with Crippen molar-refractivity contribution in [3.63, 3.8) is 0 Å². The molecule has 0 radical (unpaired) electrons. The number of benzene rings is 3. The number of rotatable bonds is 17. The number of hydrogen-bond donors (Lipinski definition) is 10. The standard InChI is InChI=1S/C26H34N6O15S7/c1-15-10-16(27-24-28-25(48-6-2-8-50(33,34)35)30-26(29-24)49-7-3-9-51(36,37)38)4-5-21(15)32-31-17-11-19-20(22(12-17)53(42,43)44)13-18(52(39,40)41)14-23(19)54(45,46)47/h4-5,10-14,24-25,27-28,31-32H,2-3,6-9H2,1H3,(H,29,30)(H,33,34,35)(H,36,37,38)(H,39,40,41)(H,42,43,44)(H,45,46,47). The number of nitrogens with zero attached hydrogens (tertiary/aromatic N) is 1. The molecule has 1 aliphatic rings. The maximum Gasteiger partial charge on any atom is 0.295 e. The molecule has 2 atom stereocenters. The summed E-state index contributed by atoms with van der Waals surface area (Å²) in [6.07, 6.45) is -0.457. The van der Waals surface area contributed by atoms with Crippen LogP contribution >= 0.6 is 23.5 Å². The van der Waals surface area contributed by atoms with Crippen molar-refractivity contribution in [1.29, 1.82) is 0 Å². The van der Waals surface area contributed by atoms with Gasteiger partial charge in [-0.05, 0) is 73.5 Å². The quantitative estimate of drug-likeness (QED) is 0.0525. The molecule has 0 saturated heterocycles. The van der Waals surface area contributed by atoms with Gasteiger partial charge in [-0.3, -0.25) is 22.8 Å². The monoisotopic (exact) mass is 894 g/mol. The zero-order valence-electron chi connectivity index (χ0n) is 27.6. The topological polar surface area (TPSA) is 344 Å². The van der Waals surface area contributed by atoms with Crippen molar-refractivity contribution < 1.29 is 64.9 Å². The molecule has 4 rings (SSSR count). The molecular formula is C26H34N6O15S7. The lowest BCUT2D eigenvalue weighted by Crippen LogP contribution is -2.54. The number of amidine groups is 1. The van der Waals surface area contributed by atoms with Crippen LogP contribution in [0.4, 0.5) is 17.1 Å². The highest BCUT2D eigenvalue weighted by Gasteiger charge is 2.26. The van der Waals surface area contributed by atoms with Gasteiger partial charge in [-0.25, -0.2) is 10.3 Å². The van der Waals surface area contributed by atoms with Gasteiger partial charge in [-0.15, -0.1) is 11.8 Å². The van der Waals surface area contributed by atoms with Crippen LogP contribution in [-0.4, -0.2) is 105 Å². The van der Waals surface area contributed by atoms with E-state index in [1.54, 1.807) is 25.1 Å². The first-order chi connectivity index (χ1) is 24.8. The van der Waals surface area contributed by atoms with E-state index in [0.717, 1.165) is 12.1 Å². The lowest BCUT2D eigenvalue weighted by atomic mass is 10.1.